The Morgan fingerprint density at radius 1 is 1.25 bits per heavy atom. The summed E-state index contributed by atoms with van der Waals surface area (Å²) in [5.41, 5.74) is 12.7. The Hall–Kier alpha value is -1.46. The van der Waals surface area contributed by atoms with Gasteiger partial charge in [-0.25, -0.2) is 0 Å². The van der Waals surface area contributed by atoms with Crippen LogP contribution in [-0.4, -0.2) is 10.6 Å². The van der Waals surface area contributed by atoms with Crippen molar-refractivity contribution in [2.45, 2.75) is 32.6 Å². The van der Waals surface area contributed by atoms with Crippen LogP contribution in [0.2, 0.25) is 0 Å². The largest absolute Gasteiger partial charge is 0.397 e. The van der Waals surface area contributed by atoms with Gasteiger partial charge in [-0.1, -0.05) is 25.6 Å². The lowest BCUT2D eigenvalue weighted by Gasteiger charge is -2.00. The SMILES string of the molecule is CCCCC(=S)CC(=O)c1cc2cc(N)c(N)cc2s1. The molecule has 1 aromatic carbocycles. The number of rotatable bonds is 6. The van der Waals surface area contributed by atoms with Gasteiger partial charge in [-0.2, -0.15) is 0 Å². The number of nitrogen functional groups attached to an aromatic ring is 2. The lowest BCUT2D eigenvalue weighted by Crippen LogP contribution is -2.04. The van der Waals surface area contributed by atoms with E-state index in [2.05, 4.69) is 6.92 Å². The van der Waals surface area contributed by atoms with Gasteiger partial charge in [-0.3, -0.25) is 4.79 Å². The van der Waals surface area contributed by atoms with Gasteiger partial charge in [0.25, 0.3) is 0 Å². The summed E-state index contributed by atoms with van der Waals surface area (Å²) in [5.74, 6) is 0.0874. The lowest BCUT2D eigenvalue weighted by molar-refractivity contribution is 0.100. The van der Waals surface area contributed by atoms with Crippen molar-refractivity contribution in [3.8, 4) is 0 Å². The minimum atomic E-state index is 0.0874. The minimum absolute atomic E-state index is 0.0874. The third-order valence-corrected chi connectivity index (χ3v) is 4.65. The summed E-state index contributed by atoms with van der Waals surface area (Å²) in [6, 6.07) is 5.51. The van der Waals surface area contributed by atoms with Gasteiger partial charge >= 0.3 is 0 Å². The van der Waals surface area contributed by atoms with Gasteiger partial charge < -0.3 is 11.5 Å². The number of carbonyl (C=O) groups excluding carboxylic acids is 1. The van der Waals surface area contributed by atoms with Crippen molar-refractivity contribution in [3.05, 3.63) is 23.1 Å². The minimum Gasteiger partial charge on any atom is -0.397 e. The monoisotopic (exact) mass is 306 g/mol. The first-order valence-corrected chi connectivity index (χ1v) is 7.87. The van der Waals surface area contributed by atoms with Gasteiger partial charge in [-0.15, -0.1) is 11.3 Å². The van der Waals surface area contributed by atoms with Crippen LogP contribution in [0.1, 0.15) is 42.3 Å². The molecule has 1 heterocycles. The van der Waals surface area contributed by atoms with E-state index in [-0.39, 0.29) is 5.78 Å². The normalized spacial score (nSPS) is 10.8. The van der Waals surface area contributed by atoms with E-state index in [0.29, 0.717) is 17.8 Å². The Labute approximate surface area is 128 Å². The van der Waals surface area contributed by atoms with E-state index in [4.69, 9.17) is 23.7 Å². The summed E-state index contributed by atoms with van der Waals surface area (Å²) in [6.07, 6.45) is 3.34. The van der Waals surface area contributed by atoms with Gasteiger partial charge in [-0.05, 0) is 36.4 Å². The highest BCUT2D eigenvalue weighted by atomic mass is 32.1. The number of unbranched alkanes of at least 4 members (excludes halogenated alkanes) is 1. The van der Waals surface area contributed by atoms with Crippen LogP contribution >= 0.6 is 23.6 Å². The van der Waals surface area contributed by atoms with Crippen molar-refractivity contribution >= 4 is 55.7 Å². The highest BCUT2D eigenvalue weighted by Crippen LogP contribution is 2.31. The summed E-state index contributed by atoms with van der Waals surface area (Å²) < 4.78 is 0.986. The number of hydrogen-bond acceptors (Lipinski definition) is 5. The second kappa shape index (κ2) is 6.33. The quantitative estimate of drug-likeness (QED) is 0.477. The van der Waals surface area contributed by atoms with Crippen LogP contribution < -0.4 is 11.5 Å². The Balaban J connectivity index is 2.16. The topological polar surface area (TPSA) is 69.1 Å². The molecule has 106 valence electrons. The van der Waals surface area contributed by atoms with Crippen LogP contribution in [0.3, 0.4) is 0 Å². The summed E-state index contributed by atoms with van der Waals surface area (Å²) >= 11 is 6.71. The molecule has 0 radical (unpaired) electrons. The van der Waals surface area contributed by atoms with Crippen LogP contribution in [-0.2, 0) is 0 Å². The first-order valence-electron chi connectivity index (χ1n) is 6.64. The molecule has 0 aliphatic heterocycles. The fourth-order valence-corrected chi connectivity index (χ4v) is 3.29. The van der Waals surface area contributed by atoms with E-state index in [9.17, 15) is 4.79 Å². The van der Waals surface area contributed by atoms with E-state index in [1.54, 1.807) is 0 Å². The van der Waals surface area contributed by atoms with Crippen molar-refractivity contribution in [2.75, 3.05) is 11.5 Å². The second-order valence-electron chi connectivity index (χ2n) is 4.87. The molecule has 0 saturated carbocycles. The Morgan fingerprint density at radius 2 is 1.95 bits per heavy atom. The molecule has 0 spiro atoms. The molecular weight excluding hydrogens is 288 g/mol. The number of Topliss-reactive ketones (excluding diaryl/α,β-unsaturated/α-hetero) is 1. The zero-order valence-corrected chi connectivity index (χ0v) is 13.1. The first-order chi connectivity index (χ1) is 9.51. The molecule has 3 nitrogen and oxygen atoms in total. The molecular formula is C15H18N2OS2. The van der Waals surface area contributed by atoms with Gasteiger partial charge in [0.15, 0.2) is 5.78 Å². The number of benzene rings is 1. The fraction of sp³-hybridized carbons (Fsp3) is 0.333. The van der Waals surface area contributed by atoms with Crippen LogP contribution in [0.5, 0.6) is 0 Å². The average molecular weight is 306 g/mol. The lowest BCUT2D eigenvalue weighted by atomic mass is 10.1. The van der Waals surface area contributed by atoms with E-state index in [1.165, 1.54) is 11.3 Å². The smallest absolute Gasteiger partial charge is 0.177 e. The number of carbonyl (C=O) groups is 1. The van der Waals surface area contributed by atoms with Crippen LogP contribution in [0.25, 0.3) is 10.1 Å². The molecule has 0 saturated heterocycles. The Kier molecular flexibility index (Phi) is 4.73. The molecule has 5 heteroatoms. The molecule has 0 aliphatic rings. The predicted octanol–water partition coefficient (Wildman–Crippen LogP) is 4.20. The molecule has 2 rings (SSSR count). The van der Waals surface area contributed by atoms with Crippen molar-refractivity contribution < 1.29 is 4.79 Å². The second-order valence-corrected chi connectivity index (χ2v) is 6.53. The van der Waals surface area contributed by atoms with E-state index in [0.717, 1.165) is 39.1 Å². The Morgan fingerprint density at radius 3 is 2.65 bits per heavy atom. The third-order valence-electron chi connectivity index (χ3n) is 3.16. The zero-order chi connectivity index (χ0) is 14.7. The van der Waals surface area contributed by atoms with E-state index >= 15 is 0 Å². The summed E-state index contributed by atoms with van der Waals surface area (Å²) in [7, 11) is 0. The van der Waals surface area contributed by atoms with Gasteiger partial charge in [0.1, 0.15) is 0 Å². The number of nitrogens with two attached hydrogens (primary N) is 2. The van der Waals surface area contributed by atoms with E-state index < -0.39 is 0 Å². The molecule has 2 aromatic rings. The molecule has 0 bridgehead atoms. The molecule has 0 amide bonds. The number of hydrogen-bond donors (Lipinski definition) is 2. The molecule has 1 aromatic heterocycles. The van der Waals surface area contributed by atoms with Crippen molar-refractivity contribution in [3.63, 3.8) is 0 Å². The maximum absolute atomic E-state index is 12.2. The van der Waals surface area contributed by atoms with Crippen molar-refractivity contribution in [1.29, 1.82) is 0 Å². The highest BCUT2D eigenvalue weighted by molar-refractivity contribution is 7.80. The fourth-order valence-electron chi connectivity index (χ4n) is 1.99. The van der Waals surface area contributed by atoms with Crippen LogP contribution in [0.15, 0.2) is 18.2 Å². The average Bonchev–Trinajstić information content (AvgIpc) is 2.80. The van der Waals surface area contributed by atoms with Crippen LogP contribution in [0, 0.1) is 0 Å². The molecule has 0 fully saturated rings. The predicted molar refractivity (Wildman–Crippen MR) is 91.7 cm³/mol. The number of ketones is 1. The summed E-state index contributed by atoms with van der Waals surface area (Å²) in [5, 5.41) is 0.963. The number of thiophene rings is 1. The van der Waals surface area contributed by atoms with Crippen LogP contribution in [0.4, 0.5) is 11.4 Å². The number of fused-ring (bicyclic) bond motifs is 1. The van der Waals surface area contributed by atoms with Crippen molar-refractivity contribution in [1.82, 2.24) is 0 Å². The third kappa shape index (κ3) is 3.35. The van der Waals surface area contributed by atoms with Gasteiger partial charge in [0.05, 0.1) is 16.3 Å². The van der Waals surface area contributed by atoms with E-state index in [1.807, 2.05) is 18.2 Å². The maximum atomic E-state index is 12.2. The first kappa shape index (κ1) is 14.9. The standard InChI is InChI=1S/C15H18N2OS2/c1-2-3-4-10(19)7-13(18)15-6-9-5-11(16)12(17)8-14(9)20-15/h5-6,8H,2-4,7,16-17H2,1H3. The molecule has 0 atom stereocenters. The summed E-state index contributed by atoms with van der Waals surface area (Å²) in [4.78, 5) is 13.8. The van der Waals surface area contributed by atoms with Gasteiger partial charge in [0.2, 0.25) is 0 Å². The summed E-state index contributed by atoms with van der Waals surface area (Å²) in [6.45, 7) is 2.12. The molecule has 0 aliphatic carbocycles. The zero-order valence-electron chi connectivity index (χ0n) is 11.4. The molecule has 4 N–H and O–H groups in total. The van der Waals surface area contributed by atoms with Crippen molar-refractivity contribution in [2.24, 2.45) is 0 Å². The molecule has 0 unspecified atom stereocenters. The maximum Gasteiger partial charge on any atom is 0.177 e. The Bertz CT molecular complexity index is 622. The number of thiocarbonyl (C=S) groups is 1. The highest BCUT2D eigenvalue weighted by Gasteiger charge is 2.13. The molecule has 20 heavy (non-hydrogen) atoms. The van der Waals surface area contributed by atoms with Gasteiger partial charge in [0, 0.05) is 16.0 Å². The number of anilines is 2.